The lowest BCUT2D eigenvalue weighted by atomic mass is 10.0. The van der Waals surface area contributed by atoms with E-state index in [1.54, 1.807) is 19.0 Å². The Labute approximate surface area is 168 Å². The second-order valence-corrected chi connectivity index (χ2v) is 7.38. The highest BCUT2D eigenvalue weighted by Gasteiger charge is 2.37. The van der Waals surface area contributed by atoms with E-state index in [4.69, 9.17) is 0 Å². The SMILES string of the molecule is CN(C)c1nc2c(c(CO)nn2[C@@H](c2ccc(OC(F)F)c(F)c2)C2CC2)c(=O)[nH]1. The largest absolute Gasteiger partial charge is 0.432 e. The molecule has 8 nitrogen and oxygen atoms in total. The molecule has 1 aliphatic carbocycles. The highest BCUT2D eigenvalue weighted by Crippen LogP contribution is 2.45. The van der Waals surface area contributed by atoms with E-state index in [0.717, 1.165) is 25.0 Å². The lowest BCUT2D eigenvalue weighted by Crippen LogP contribution is -2.21. The first-order chi connectivity index (χ1) is 14.3. The third-order valence-corrected chi connectivity index (χ3v) is 5.04. The summed E-state index contributed by atoms with van der Waals surface area (Å²) in [6, 6.07) is 3.30. The molecule has 0 bridgehead atoms. The van der Waals surface area contributed by atoms with Crippen molar-refractivity contribution in [3.63, 3.8) is 0 Å². The Bertz CT molecular complexity index is 1140. The number of nitrogens with zero attached hydrogens (tertiary/aromatic N) is 4. The van der Waals surface area contributed by atoms with E-state index < -0.39 is 36.4 Å². The van der Waals surface area contributed by atoms with Gasteiger partial charge in [0.05, 0.1) is 12.6 Å². The molecule has 0 unspecified atom stereocenters. The van der Waals surface area contributed by atoms with Gasteiger partial charge in [-0.2, -0.15) is 18.9 Å². The summed E-state index contributed by atoms with van der Waals surface area (Å²) in [5, 5.41) is 14.3. The van der Waals surface area contributed by atoms with Crippen LogP contribution in [0.3, 0.4) is 0 Å². The summed E-state index contributed by atoms with van der Waals surface area (Å²) < 4.78 is 45.0. The lowest BCUT2D eigenvalue weighted by molar-refractivity contribution is -0.0522. The van der Waals surface area contributed by atoms with Gasteiger partial charge in [0.25, 0.3) is 5.56 Å². The van der Waals surface area contributed by atoms with E-state index in [-0.39, 0.29) is 22.6 Å². The number of hydrogen-bond acceptors (Lipinski definition) is 6. The molecule has 0 saturated heterocycles. The van der Waals surface area contributed by atoms with Crippen molar-refractivity contribution in [3.05, 3.63) is 45.6 Å². The number of aromatic amines is 1. The van der Waals surface area contributed by atoms with Gasteiger partial charge in [-0.3, -0.25) is 9.78 Å². The van der Waals surface area contributed by atoms with E-state index in [1.165, 1.54) is 10.7 Å². The minimum absolute atomic E-state index is 0.102. The van der Waals surface area contributed by atoms with E-state index >= 15 is 0 Å². The van der Waals surface area contributed by atoms with Crippen LogP contribution < -0.4 is 15.2 Å². The molecule has 2 aromatic heterocycles. The summed E-state index contributed by atoms with van der Waals surface area (Å²) in [4.78, 5) is 21.4. The van der Waals surface area contributed by atoms with Crippen LogP contribution in [0.5, 0.6) is 5.75 Å². The van der Waals surface area contributed by atoms with Gasteiger partial charge in [-0.25, -0.2) is 9.07 Å². The second-order valence-electron chi connectivity index (χ2n) is 7.38. The van der Waals surface area contributed by atoms with Crippen LogP contribution in [-0.4, -0.2) is 45.6 Å². The predicted molar refractivity (Wildman–Crippen MR) is 102 cm³/mol. The first-order valence-corrected chi connectivity index (χ1v) is 9.34. The van der Waals surface area contributed by atoms with Crippen molar-refractivity contribution in [2.24, 2.45) is 5.92 Å². The maximum Gasteiger partial charge on any atom is 0.387 e. The molecule has 2 N–H and O–H groups in total. The van der Waals surface area contributed by atoms with Crippen molar-refractivity contribution in [1.29, 1.82) is 0 Å². The van der Waals surface area contributed by atoms with Crippen LogP contribution in [0.2, 0.25) is 0 Å². The molecule has 30 heavy (non-hydrogen) atoms. The number of fused-ring (bicyclic) bond motifs is 1. The fourth-order valence-corrected chi connectivity index (χ4v) is 3.54. The third-order valence-electron chi connectivity index (χ3n) is 5.04. The fraction of sp³-hybridized carbons (Fsp3) is 0.421. The minimum Gasteiger partial charge on any atom is -0.432 e. The zero-order valence-corrected chi connectivity index (χ0v) is 16.3. The van der Waals surface area contributed by atoms with Crippen LogP contribution in [0.25, 0.3) is 11.0 Å². The van der Waals surface area contributed by atoms with Crippen molar-refractivity contribution in [3.8, 4) is 5.75 Å². The molecular weight excluding hydrogens is 403 g/mol. The Morgan fingerprint density at radius 2 is 2.10 bits per heavy atom. The lowest BCUT2D eigenvalue weighted by Gasteiger charge is -2.19. The maximum atomic E-state index is 14.4. The van der Waals surface area contributed by atoms with Crippen molar-refractivity contribution < 1.29 is 23.0 Å². The van der Waals surface area contributed by atoms with Gasteiger partial charge < -0.3 is 14.7 Å². The number of nitrogens with one attached hydrogen (secondary N) is 1. The number of alkyl halides is 2. The Morgan fingerprint density at radius 1 is 1.37 bits per heavy atom. The summed E-state index contributed by atoms with van der Waals surface area (Å²) in [5.74, 6) is -1.06. The molecule has 0 spiro atoms. The Morgan fingerprint density at radius 3 is 2.67 bits per heavy atom. The number of hydrogen-bond donors (Lipinski definition) is 2. The van der Waals surface area contributed by atoms with Gasteiger partial charge in [-0.1, -0.05) is 6.07 Å². The first-order valence-electron chi connectivity index (χ1n) is 9.34. The molecule has 3 aromatic rings. The molecule has 0 amide bonds. The fourth-order valence-electron chi connectivity index (χ4n) is 3.54. The molecule has 1 atom stereocenters. The number of halogens is 3. The van der Waals surface area contributed by atoms with Crippen LogP contribution in [-0.2, 0) is 6.61 Å². The summed E-state index contributed by atoms with van der Waals surface area (Å²) in [5.41, 5.74) is 0.462. The molecule has 11 heteroatoms. The smallest absolute Gasteiger partial charge is 0.387 e. The summed E-state index contributed by atoms with van der Waals surface area (Å²) >= 11 is 0. The van der Waals surface area contributed by atoms with Crippen LogP contribution in [0, 0.1) is 11.7 Å². The van der Waals surface area contributed by atoms with E-state index in [0.29, 0.717) is 11.5 Å². The maximum absolute atomic E-state index is 14.4. The van der Waals surface area contributed by atoms with E-state index in [1.807, 2.05) is 0 Å². The van der Waals surface area contributed by atoms with Crippen molar-refractivity contribution in [2.75, 3.05) is 19.0 Å². The van der Waals surface area contributed by atoms with Gasteiger partial charge in [0.15, 0.2) is 17.2 Å². The number of anilines is 1. The molecule has 2 heterocycles. The molecule has 4 rings (SSSR count). The van der Waals surface area contributed by atoms with Crippen molar-refractivity contribution in [2.45, 2.75) is 32.1 Å². The monoisotopic (exact) mass is 423 g/mol. The van der Waals surface area contributed by atoms with Gasteiger partial charge >= 0.3 is 6.61 Å². The topological polar surface area (TPSA) is 96.3 Å². The molecule has 1 aromatic carbocycles. The van der Waals surface area contributed by atoms with Crippen molar-refractivity contribution in [1.82, 2.24) is 19.7 Å². The van der Waals surface area contributed by atoms with Crippen molar-refractivity contribution >= 4 is 17.0 Å². The Hall–Kier alpha value is -3.08. The molecule has 0 aliphatic heterocycles. The van der Waals surface area contributed by atoms with Gasteiger partial charge in [-0.15, -0.1) is 0 Å². The van der Waals surface area contributed by atoms with Gasteiger partial charge in [-0.05, 0) is 36.5 Å². The number of H-pyrrole nitrogens is 1. The average molecular weight is 423 g/mol. The van der Waals surface area contributed by atoms with E-state index in [2.05, 4.69) is 19.8 Å². The zero-order valence-electron chi connectivity index (χ0n) is 16.3. The van der Waals surface area contributed by atoms with Gasteiger partial charge in [0, 0.05) is 14.1 Å². The standard InChI is InChI=1S/C19H20F3N5O3/c1-26(2)19-23-16-14(17(29)24-19)12(8-28)25-27(16)15(9-3-4-9)10-5-6-13(11(20)7-10)30-18(21)22/h5-7,9,15,18,28H,3-4,8H2,1-2H3,(H,23,24,29)/t15-/m1/s1. The number of aliphatic hydroxyl groups is 1. The highest BCUT2D eigenvalue weighted by molar-refractivity contribution is 5.78. The summed E-state index contributed by atoms with van der Waals surface area (Å²) in [7, 11) is 3.43. The number of ether oxygens (including phenoxy) is 1. The predicted octanol–water partition coefficient (Wildman–Crippen LogP) is 2.42. The minimum atomic E-state index is -3.13. The molecule has 0 radical (unpaired) electrons. The third kappa shape index (κ3) is 3.60. The van der Waals surface area contributed by atoms with Crippen LogP contribution >= 0.6 is 0 Å². The number of rotatable bonds is 7. The van der Waals surface area contributed by atoms with Crippen LogP contribution in [0.15, 0.2) is 23.0 Å². The Kier molecular flexibility index (Phi) is 5.14. The summed E-state index contributed by atoms with van der Waals surface area (Å²) in [6.45, 7) is -3.60. The number of benzene rings is 1. The van der Waals surface area contributed by atoms with E-state index in [9.17, 15) is 23.1 Å². The number of aromatic nitrogens is 4. The normalized spacial score (nSPS) is 15.0. The molecular formula is C19H20F3N5O3. The highest BCUT2D eigenvalue weighted by atomic mass is 19.3. The average Bonchev–Trinajstić information content (AvgIpc) is 3.44. The van der Waals surface area contributed by atoms with Crippen LogP contribution in [0.4, 0.5) is 19.1 Å². The Balaban J connectivity index is 1.88. The zero-order chi connectivity index (χ0) is 21.6. The molecule has 160 valence electrons. The molecule has 1 fully saturated rings. The quantitative estimate of drug-likeness (QED) is 0.606. The van der Waals surface area contributed by atoms with Crippen LogP contribution in [0.1, 0.15) is 30.1 Å². The summed E-state index contributed by atoms with van der Waals surface area (Å²) in [6.07, 6.45) is 1.70. The second kappa shape index (κ2) is 7.63. The van der Waals surface area contributed by atoms with Gasteiger partial charge in [0.1, 0.15) is 11.1 Å². The molecule has 1 aliphatic rings. The van der Waals surface area contributed by atoms with Gasteiger partial charge in [0.2, 0.25) is 5.95 Å². The first kappa shape index (κ1) is 20.2. The molecule has 1 saturated carbocycles. The number of aliphatic hydroxyl groups excluding tert-OH is 1.